The highest BCUT2D eigenvalue weighted by atomic mass is 127. The van der Waals surface area contributed by atoms with Gasteiger partial charge in [0.1, 0.15) is 5.75 Å². The topological polar surface area (TPSA) is 69.2 Å². The van der Waals surface area contributed by atoms with E-state index in [4.69, 9.17) is 4.74 Å². The van der Waals surface area contributed by atoms with E-state index in [2.05, 4.69) is 50.9 Å². The fourth-order valence-corrected chi connectivity index (χ4v) is 3.98. The van der Waals surface area contributed by atoms with E-state index >= 15 is 0 Å². The van der Waals surface area contributed by atoms with Crippen LogP contribution in [0.5, 0.6) is 5.75 Å². The fraction of sp³-hybridized carbons (Fsp3) is 0.462. The van der Waals surface area contributed by atoms with Crippen molar-refractivity contribution in [2.45, 2.75) is 25.8 Å². The van der Waals surface area contributed by atoms with Gasteiger partial charge in [-0.15, -0.1) is 24.0 Å². The van der Waals surface area contributed by atoms with Crippen LogP contribution in [0.2, 0.25) is 0 Å². The van der Waals surface area contributed by atoms with Crippen molar-refractivity contribution >= 4 is 41.5 Å². The summed E-state index contributed by atoms with van der Waals surface area (Å²) in [6.07, 6.45) is 3.00. The van der Waals surface area contributed by atoms with Crippen molar-refractivity contribution in [3.63, 3.8) is 0 Å². The van der Waals surface area contributed by atoms with E-state index in [-0.39, 0.29) is 29.9 Å². The molecule has 0 radical (unpaired) electrons. The summed E-state index contributed by atoms with van der Waals surface area (Å²) in [5.41, 5.74) is 2.33. The second-order valence-corrected chi connectivity index (χ2v) is 8.67. The van der Waals surface area contributed by atoms with Crippen LogP contribution >= 0.6 is 24.0 Å². The molecule has 0 atom stereocenters. The van der Waals surface area contributed by atoms with Gasteiger partial charge in [0, 0.05) is 64.0 Å². The number of carbonyl (C=O) groups is 1. The number of halogens is 1. The minimum atomic E-state index is 0. The Balaban J connectivity index is 0.00000324. The van der Waals surface area contributed by atoms with Gasteiger partial charge in [0.05, 0.1) is 6.61 Å². The molecule has 2 aromatic rings. The first kappa shape index (κ1) is 26.1. The zero-order chi connectivity index (χ0) is 22.9. The molecule has 4 rings (SSSR count). The number of rotatable bonds is 9. The van der Waals surface area contributed by atoms with Crippen LogP contribution in [-0.2, 0) is 11.3 Å². The molecule has 2 N–H and O–H groups in total. The Morgan fingerprint density at radius 3 is 2.41 bits per heavy atom. The Labute approximate surface area is 220 Å². The Kier molecular flexibility index (Phi) is 10.3. The third-order valence-corrected chi connectivity index (χ3v) is 6.20. The molecule has 8 heteroatoms. The predicted octanol–water partition coefficient (Wildman–Crippen LogP) is 3.50. The third-order valence-electron chi connectivity index (χ3n) is 6.20. The van der Waals surface area contributed by atoms with Crippen molar-refractivity contribution in [2.75, 3.05) is 51.3 Å². The van der Waals surface area contributed by atoms with Gasteiger partial charge in [-0.05, 0) is 37.0 Å². The molecule has 1 heterocycles. The van der Waals surface area contributed by atoms with E-state index in [1.807, 2.05) is 29.2 Å². The van der Waals surface area contributed by atoms with Crippen LogP contribution < -0.4 is 20.3 Å². The van der Waals surface area contributed by atoms with Crippen molar-refractivity contribution in [3.8, 4) is 5.75 Å². The first-order valence-corrected chi connectivity index (χ1v) is 12.0. The molecule has 1 saturated carbocycles. The van der Waals surface area contributed by atoms with Gasteiger partial charge in [-0.1, -0.05) is 36.4 Å². The standard InChI is InChI=1S/C26H35N5O2.HI/c1-27-26(29-19-22-7-5-6-10-24(22)33-20-21-11-12-21)28-14-13-25(32)31-17-15-30(16-18-31)23-8-3-2-4-9-23;/h2-10,21H,11-20H2,1H3,(H2,27,28,29);1H. The Morgan fingerprint density at radius 2 is 1.71 bits per heavy atom. The molecule has 2 fully saturated rings. The second kappa shape index (κ2) is 13.4. The number of para-hydroxylation sites is 2. The first-order valence-electron chi connectivity index (χ1n) is 12.0. The third kappa shape index (κ3) is 7.78. The molecule has 2 aromatic carbocycles. The number of hydrogen-bond donors (Lipinski definition) is 2. The van der Waals surface area contributed by atoms with Crippen LogP contribution in [0.3, 0.4) is 0 Å². The van der Waals surface area contributed by atoms with Gasteiger partial charge in [0.2, 0.25) is 5.91 Å². The molecule has 0 unspecified atom stereocenters. The summed E-state index contributed by atoms with van der Waals surface area (Å²) in [4.78, 5) is 21.2. The van der Waals surface area contributed by atoms with Gasteiger partial charge in [0.15, 0.2) is 5.96 Å². The van der Waals surface area contributed by atoms with Crippen molar-refractivity contribution in [3.05, 3.63) is 60.2 Å². The predicted molar refractivity (Wildman–Crippen MR) is 148 cm³/mol. The number of amides is 1. The zero-order valence-corrected chi connectivity index (χ0v) is 22.2. The lowest BCUT2D eigenvalue weighted by Crippen LogP contribution is -2.49. The minimum Gasteiger partial charge on any atom is -0.493 e. The van der Waals surface area contributed by atoms with Gasteiger partial charge in [-0.25, -0.2) is 0 Å². The summed E-state index contributed by atoms with van der Waals surface area (Å²) >= 11 is 0. The number of guanidine groups is 1. The Morgan fingerprint density at radius 1 is 1.00 bits per heavy atom. The maximum atomic E-state index is 12.7. The van der Waals surface area contributed by atoms with E-state index in [0.29, 0.717) is 25.5 Å². The number of piperazine rings is 1. The summed E-state index contributed by atoms with van der Waals surface area (Å²) in [7, 11) is 1.75. The molecule has 1 aliphatic heterocycles. The maximum absolute atomic E-state index is 12.7. The van der Waals surface area contributed by atoms with E-state index < -0.39 is 0 Å². The van der Waals surface area contributed by atoms with Crippen molar-refractivity contribution in [2.24, 2.45) is 10.9 Å². The number of nitrogens with zero attached hydrogens (tertiary/aromatic N) is 3. The monoisotopic (exact) mass is 577 g/mol. The number of anilines is 1. The number of nitrogens with one attached hydrogen (secondary N) is 2. The Bertz CT molecular complexity index is 928. The quantitative estimate of drug-likeness (QED) is 0.272. The molecule has 0 spiro atoms. The molecular formula is C26H36IN5O2. The van der Waals surface area contributed by atoms with Crippen LogP contribution in [0.4, 0.5) is 5.69 Å². The molecular weight excluding hydrogens is 541 g/mol. The van der Waals surface area contributed by atoms with Crippen LogP contribution in [0.1, 0.15) is 24.8 Å². The van der Waals surface area contributed by atoms with Crippen molar-refractivity contribution < 1.29 is 9.53 Å². The van der Waals surface area contributed by atoms with Gasteiger partial charge in [-0.3, -0.25) is 9.79 Å². The molecule has 1 amide bonds. The lowest BCUT2D eigenvalue weighted by Gasteiger charge is -2.36. The van der Waals surface area contributed by atoms with Gasteiger partial charge < -0.3 is 25.2 Å². The number of carbonyl (C=O) groups excluding carboxylic acids is 1. The highest BCUT2D eigenvalue weighted by molar-refractivity contribution is 14.0. The number of hydrogen-bond acceptors (Lipinski definition) is 4. The molecule has 0 aromatic heterocycles. The largest absolute Gasteiger partial charge is 0.493 e. The van der Waals surface area contributed by atoms with E-state index in [9.17, 15) is 4.79 Å². The van der Waals surface area contributed by atoms with Crippen LogP contribution in [0.15, 0.2) is 59.6 Å². The molecule has 2 aliphatic rings. The first-order chi connectivity index (χ1) is 16.2. The summed E-state index contributed by atoms with van der Waals surface area (Å²) in [6, 6.07) is 18.5. The summed E-state index contributed by atoms with van der Waals surface area (Å²) in [6.45, 7) is 5.23. The average molecular weight is 578 g/mol. The highest BCUT2D eigenvalue weighted by Crippen LogP contribution is 2.30. The summed E-state index contributed by atoms with van der Waals surface area (Å²) < 4.78 is 5.99. The van der Waals surface area contributed by atoms with Crippen LogP contribution in [0.25, 0.3) is 0 Å². The number of ether oxygens (including phenoxy) is 1. The molecule has 1 aliphatic carbocycles. The molecule has 1 saturated heterocycles. The second-order valence-electron chi connectivity index (χ2n) is 8.67. The highest BCUT2D eigenvalue weighted by Gasteiger charge is 2.22. The smallest absolute Gasteiger partial charge is 0.224 e. The van der Waals surface area contributed by atoms with Crippen molar-refractivity contribution in [1.82, 2.24) is 15.5 Å². The van der Waals surface area contributed by atoms with Crippen molar-refractivity contribution in [1.29, 1.82) is 0 Å². The normalized spacial score (nSPS) is 16.0. The Hall–Kier alpha value is -2.49. The molecule has 7 nitrogen and oxygen atoms in total. The van der Waals surface area contributed by atoms with E-state index in [1.54, 1.807) is 7.05 Å². The SMILES string of the molecule is CN=C(NCCC(=O)N1CCN(c2ccccc2)CC1)NCc1ccccc1OCC1CC1.I. The molecule has 34 heavy (non-hydrogen) atoms. The van der Waals surface area contributed by atoms with Gasteiger partial charge in [0.25, 0.3) is 0 Å². The fourth-order valence-electron chi connectivity index (χ4n) is 3.98. The average Bonchev–Trinajstić information content (AvgIpc) is 3.70. The van der Waals surface area contributed by atoms with Crippen LogP contribution in [-0.4, -0.2) is 63.1 Å². The van der Waals surface area contributed by atoms with Gasteiger partial charge >= 0.3 is 0 Å². The lowest BCUT2D eigenvalue weighted by atomic mass is 10.2. The lowest BCUT2D eigenvalue weighted by molar-refractivity contribution is -0.131. The zero-order valence-electron chi connectivity index (χ0n) is 19.9. The molecule has 184 valence electrons. The van der Waals surface area contributed by atoms with E-state index in [1.165, 1.54) is 18.5 Å². The van der Waals surface area contributed by atoms with E-state index in [0.717, 1.165) is 50.0 Å². The number of benzene rings is 2. The summed E-state index contributed by atoms with van der Waals surface area (Å²) in [5, 5.41) is 6.60. The van der Waals surface area contributed by atoms with Gasteiger partial charge in [-0.2, -0.15) is 0 Å². The number of aliphatic imine (C=N–C) groups is 1. The summed E-state index contributed by atoms with van der Waals surface area (Å²) in [5.74, 6) is 2.52. The maximum Gasteiger partial charge on any atom is 0.224 e. The van der Waals surface area contributed by atoms with Crippen LogP contribution in [0, 0.1) is 5.92 Å². The molecule has 0 bridgehead atoms. The minimum absolute atomic E-state index is 0.